The quantitative estimate of drug-likeness (QED) is 0.751. The van der Waals surface area contributed by atoms with Gasteiger partial charge >= 0.3 is 0 Å². The van der Waals surface area contributed by atoms with Gasteiger partial charge in [0.2, 0.25) is 0 Å². The second-order valence-electron chi connectivity index (χ2n) is 5.97. The highest BCUT2D eigenvalue weighted by Crippen LogP contribution is 2.15. The summed E-state index contributed by atoms with van der Waals surface area (Å²) < 4.78 is 0. The van der Waals surface area contributed by atoms with Crippen molar-refractivity contribution in [1.82, 2.24) is 15.2 Å². The molecule has 1 aromatic heterocycles. The van der Waals surface area contributed by atoms with Crippen molar-refractivity contribution >= 4 is 11.8 Å². The maximum absolute atomic E-state index is 12.4. The fourth-order valence-corrected chi connectivity index (χ4v) is 2.89. The summed E-state index contributed by atoms with van der Waals surface area (Å²) in [4.78, 5) is 40.3. The van der Waals surface area contributed by atoms with E-state index in [4.69, 9.17) is 0 Å². The van der Waals surface area contributed by atoms with Gasteiger partial charge in [0, 0.05) is 24.8 Å². The van der Waals surface area contributed by atoms with E-state index in [0.717, 1.165) is 0 Å². The highest BCUT2D eigenvalue weighted by molar-refractivity contribution is 5.95. The highest BCUT2D eigenvalue weighted by Gasteiger charge is 2.31. The van der Waals surface area contributed by atoms with Crippen molar-refractivity contribution in [3.05, 3.63) is 70.1 Å². The number of aromatic nitrogens is 1. The van der Waals surface area contributed by atoms with Gasteiger partial charge in [-0.2, -0.15) is 0 Å². The fourth-order valence-electron chi connectivity index (χ4n) is 2.89. The van der Waals surface area contributed by atoms with Crippen LogP contribution in [0.2, 0.25) is 0 Å². The van der Waals surface area contributed by atoms with Crippen LogP contribution < -0.4 is 10.9 Å². The van der Waals surface area contributed by atoms with Gasteiger partial charge in [-0.15, -0.1) is 0 Å². The van der Waals surface area contributed by atoms with Crippen LogP contribution in [-0.4, -0.2) is 52.0 Å². The van der Waals surface area contributed by atoms with Crippen molar-refractivity contribution in [2.24, 2.45) is 0 Å². The average Bonchev–Trinajstić information content (AvgIpc) is 2.63. The molecule has 3 rings (SSSR count). The second-order valence-corrected chi connectivity index (χ2v) is 5.97. The normalized spacial score (nSPS) is 20.1. The van der Waals surface area contributed by atoms with E-state index in [2.05, 4.69) is 10.3 Å². The second kappa shape index (κ2) is 7.31. The van der Waals surface area contributed by atoms with E-state index in [-0.39, 0.29) is 18.0 Å². The lowest BCUT2D eigenvalue weighted by Gasteiger charge is -2.36. The first-order chi connectivity index (χ1) is 12.1. The average molecular weight is 341 g/mol. The van der Waals surface area contributed by atoms with Crippen molar-refractivity contribution < 1.29 is 14.7 Å². The van der Waals surface area contributed by atoms with Crippen molar-refractivity contribution in [3.63, 3.8) is 0 Å². The zero-order valence-corrected chi connectivity index (χ0v) is 13.5. The molecule has 25 heavy (non-hydrogen) atoms. The smallest absolute Gasteiger partial charge is 0.260 e. The van der Waals surface area contributed by atoms with Crippen molar-refractivity contribution in [2.75, 3.05) is 13.1 Å². The molecule has 0 spiro atoms. The number of amides is 2. The maximum Gasteiger partial charge on any atom is 0.260 e. The molecule has 1 saturated heterocycles. The lowest BCUT2D eigenvalue weighted by molar-refractivity contribution is 0.0314. The SMILES string of the molecule is O=C(N[C@@H]1CCN(C(=O)c2ccccc2)C[C@H]1O)c1ccc[nH]c1=O. The Labute approximate surface area is 144 Å². The number of pyridine rings is 1. The van der Waals surface area contributed by atoms with Gasteiger partial charge in [-0.05, 0) is 30.7 Å². The van der Waals surface area contributed by atoms with Crippen LogP contribution in [0.15, 0.2) is 53.5 Å². The molecule has 1 aromatic carbocycles. The van der Waals surface area contributed by atoms with E-state index in [1.54, 1.807) is 35.2 Å². The zero-order chi connectivity index (χ0) is 17.8. The number of benzene rings is 1. The monoisotopic (exact) mass is 341 g/mol. The van der Waals surface area contributed by atoms with Gasteiger partial charge < -0.3 is 20.3 Å². The van der Waals surface area contributed by atoms with Crippen molar-refractivity contribution in [3.8, 4) is 0 Å². The number of aliphatic hydroxyl groups is 1. The van der Waals surface area contributed by atoms with Crippen LogP contribution in [0.25, 0.3) is 0 Å². The van der Waals surface area contributed by atoms with E-state index >= 15 is 0 Å². The van der Waals surface area contributed by atoms with Gasteiger partial charge in [0.25, 0.3) is 17.4 Å². The number of rotatable bonds is 3. The molecule has 7 nitrogen and oxygen atoms in total. The lowest BCUT2D eigenvalue weighted by atomic mass is 10.0. The lowest BCUT2D eigenvalue weighted by Crippen LogP contribution is -2.55. The molecular weight excluding hydrogens is 322 g/mol. The molecule has 2 aromatic rings. The van der Waals surface area contributed by atoms with Crippen LogP contribution in [0.4, 0.5) is 0 Å². The number of likely N-dealkylation sites (tertiary alicyclic amines) is 1. The summed E-state index contributed by atoms with van der Waals surface area (Å²) in [6.45, 7) is 0.546. The van der Waals surface area contributed by atoms with E-state index in [1.165, 1.54) is 12.3 Å². The van der Waals surface area contributed by atoms with Gasteiger partial charge in [-0.25, -0.2) is 0 Å². The van der Waals surface area contributed by atoms with Crippen LogP contribution in [0, 0.1) is 0 Å². The number of carbonyl (C=O) groups is 2. The first-order valence-corrected chi connectivity index (χ1v) is 8.07. The number of hydrogen-bond acceptors (Lipinski definition) is 4. The third-order valence-electron chi connectivity index (χ3n) is 4.27. The summed E-state index contributed by atoms with van der Waals surface area (Å²) in [6.07, 6.45) is 0.964. The molecule has 2 amide bonds. The van der Waals surface area contributed by atoms with Gasteiger partial charge in [-0.3, -0.25) is 14.4 Å². The van der Waals surface area contributed by atoms with Crippen LogP contribution >= 0.6 is 0 Å². The molecule has 130 valence electrons. The van der Waals surface area contributed by atoms with Crippen LogP contribution in [-0.2, 0) is 0 Å². The predicted octanol–water partition coefficient (Wildman–Crippen LogP) is 0.380. The van der Waals surface area contributed by atoms with E-state index in [0.29, 0.717) is 18.5 Å². The maximum atomic E-state index is 12.4. The summed E-state index contributed by atoms with van der Waals surface area (Å²) in [5, 5.41) is 13.0. The molecule has 2 heterocycles. The molecule has 1 aliphatic heterocycles. The van der Waals surface area contributed by atoms with E-state index < -0.39 is 23.6 Å². The van der Waals surface area contributed by atoms with E-state index in [9.17, 15) is 19.5 Å². The number of nitrogens with one attached hydrogen (secondary N) is 2. The van der Waals surface area contributed by atoms with Crippen LogP contribution in [0.1, 0.15) is 27.1 Å². The number of hydrogen-bond donors (Lipinski definition) is 3. The fraction of sp³-hybridized carbons (Fsp3) is 0.278. The third kappa shape index (κ3) is 3.77. The number of β-amino-alcohol motifs (C(OH)–C–C–N with tert-alkyl or cyclic N) is 1. The molecule has 0 aliphatic carbocycles. The molecule has 0 unspecified atom stereocenters. The Morgan fingerprint density at radius 1 is 1.16 bits per heavy atom. The summed E-state index contributed by atoms with van der Waals surface area (Å²) in [7, 11) is 0. The van der Waals surface area contributed by atoms with E-state index in [1.807, 2.05) is 6.07 Å². The molecule has 2 atom stereocenters. The van der Waals surface area contributed by atoms with Crippen molar-refractivity contribution in [1.29, 1.82) is 0 Å². The molecule has 3 N–H and O–H groups in total. The Hall–Kier alpha value is -2.93. The standard InChI is InChI=1S/C18H19N3O4/c22-15-11-21(18(25)12-5-2-1-3-6-12)10-8-14(15)20-17(24)13-7-4-9-19-16(13)23/h1-7,9,14-15,22H,8,10-11H2,(H,19,23)(H,20,24)/t14-,15-/m1/s1. The Kier molecular flexibility index (Phi) is 4.95. The number of carbonyl (C=O) groups excluding carboxylic acids is 2. The number of aromatic amines is 1. The Balaban J connectivity index is 1.62. The van der Waals surface area contributed by atoms with Crippen molar-refractivity contribution in [2.45, 2.75) is 18.6 Å². The third-order valence-corrected chi connectivity index (χ3v) is 4.27. The largest absolute Gasteiger partial charge is 0.389 e. The Morgan fingerprint density at radius 2 is 1.92 bits per heavy atom. The molecule has 0 radical (unpaired) electrons. The highest BCUT2D eigenvalue weighted by atomic mass is 16.3. The Bertz CT molecular complexity index is 818. The Morgan fingerprint density at radius 3 is 2.60 bits per heavy atom. The first-order valence-electron chi connectivity index (χ1n) is 8.07. The molecular formula is C18H19N3O4. The van der Waals surface area contributed by atoms with Gasteiger partial charge in [0.05, 0.1) is 12.1 Å². The van der Waals surface area contributed by atoms with Crippen LogP contribution in [0.3, 0.4) is 0 Å². The zero-order valence-electron chi connectivity index (χ0n) is 13.5. The number of piperidine rings is 1. The van der Waals surface area contributed by atoms with Gasteiger partial charge in [0.1, 0.15) is 5.56 Å². The predicted molar refractivity (Wildman–Crippen MR) is 91.3 cm³/mol. The molecule has 1 aliphatic rings. The summed E-state index contributed by atoms with van der Waals surface area (Å²) >= 11 is 0. The number of nitrogens with zero attached hydrogens (tertiary/aromatic N) is 1. The molecule has 1 fully saturated rings. The van der Waals surface area contributed by atoms with Gasteiger partial charge in [-0.1, -0.05) is 18.2 Å². The van der Waals surface area contributed by atoms with Crippen LogP contribution in [0.5, 0.6) is 0 Å². The molecule has 7 heteroatoms. The number of H-pyrrole nitrogens is 1. The number of aliphatic hydroxyl groups excluding tert-OH is 1. The first kappa shape index (κ1) is 16.9. The molecule has 0 saturated carbocycles. The minimum Gasteiger partial charge on any atom is -0.389 e. The summed E-state index contributed by atoms with van der Waals surface area (Å²) in [5.74, 6) is -0.683. The summed E-state index contributed by atoms with van der Waals surface area (Å²) in [5.41, 5.74) is 0.0803. The minimum atomic E-state index is -0.895. The topological polar surface area (TPSA) is 102 Å². The minimum absolute atomic E-state index is 0.00232. The summed E-state index contributed by atoms with van der Waals surface area (Å²) in [6, 6.07) is 11.3. The molecule has 0 bridgehead atoms. The van der Waals surface area contributed by atoms with Gasteiger partial charge in [0.15, 0.2) is 0 Å².